The predicted molar refractivity (Wildman–Crippen MR) is 112 cm³/mol. The summed E-state index contributed by atoms with van der Waals surface area (Å²) in [6, 6.07) is 1.07. The Hall–Kier alpha value is -1.93. The number of ether oxygens (including phenoxy) is 1. The first-order chi connectivity index (χ1) is 13.2. The van der Waals surface area contributed by atoms with Crippen molar-refractivity contribution in [3.63, 3.8) is 0 Å². The monoisotopic (exact) mass is 416 g/mol. The van der Waals surface area contributed by atoms with Gasteiger partial charge in [0.05, 0.1) is 18.4 Å². The Balaban J connectivity index is 0. The van der Waals surface area contributed by atoms with E-state index in [2.05, 4.69) is 13.2 Å². The molecule has 1 rings (SSSR count). The molecular weight excluding hydrogens is 380 g/mol. The molecule has 162 valence electrons. The van der Waals surface area contributed by atoms with Crippen LogP contribution in [0.2, 0.25) is 6.04 Å². The van der Waals surface area contributed by atoms with E-state index >= 15 is 0 Å². The molecular formula is C20H36O7Si. The fourth-order valence-electron chi connectivity index (χ4n) is 2.40. The van der Waals surface area contributed by atoms with Gasteiger partial charge in [-0.2, -0.15) is 0 Å². The van der Waals surface area contributed by atoms with Gasteiger partial charge in [0.25, 0.3) is 0 Å². The normalized spacial score (nSPS) is 18.1. The maximum Gasteiger partial charge on any atom is 0.330 e. The lowest BCUT2D eigenvalue weighted by Gasteiger charge is -2.24. The maximum absolute atomic E-state index is 10.6. The van der Waals surface area contributed by atoms with Crippen LogP contribution in [0.25, 0.3) is 0 Å². The SMILES string of the molecule is C=C(C)C.C=CC(=O)OCCC[SiH2]OCC.O=C(O)C1CCCCC1C(=O)O. The van der Waals surface area contributed by atoms with E-state index in [9.17, 15) is 14.4 Å². The number of esters is 1. The minimum Gasteiger partial charge on any atom is -0.481 e. The van der Waals surface area contributed by atoms with Gasteiger partial charge in [-0.3, -0.25) is 9.59 Å². The third-order valence-corrected chi connectivity index (χ3v) is 5.18. The van der Waals surface area contributed by atoms with Gasteiger partial charge in [-0.25, -0.2) is 4.79 Å². The molecule has 0 aromatic heterocycles. The highest BCUT2D eigenvalue weighted by Crippen LogP contribution is 2.30. The van der Waals surface area contributed by atoms with Crippen LogP contribution in [0.4, 0.5) is 0 Å². The second-order valence-corrected chi connectivity index (χ2v) is 8.18. The molecule has 0 aromatic rings. The zero-order valence-corrected chi connectivity index (χ0v) is 18.9. The molecule has 2 N–H and O–H groups in total. The molecule has 0 amide bonds. The van der Waals surface area contributed by atoms with E-state index in [1.165, 1.54) is 11.6 Å². The first-order valence-corrected chi connectivity index (χ1v) is 11.2. The number of aliphatic carboxylic acids is 2. The molecule has 28 heavy (non-hydrogen) atoms. The summed E-state index contributed by atoms with van der Waals surface area (Å²) >= 11 is 0. The number of allylic oxidation sites excluding steroid dienone is 1. The van der Waals surface area contributed by atoms with Gasteiger partial charge in [-0.1, -0.05) is 25.0 Å². The molecule has 0 radical (unpaired) electrons. The van der Waals surface area contributed by atoms with Crippen molar-refractivity contribution in [2.75, 3.05) is 13.2 Å². The molecule has 1 fully saturated rings. The highest BCUT2D eigenvalue weighted by molar-refractivity contribution is 6.26. The van der Waals surface area contributed by atoms with E-state index in [-0.39, 0.29) is 15.7 Å². The van der Waals surface area contributed by atoms with Gasteiger partial charge in [0, 0.05) is 12.7 Å². The standard InChI is InChI=1S/C8H12O4.C8H16O3Si.C4H8/c9-7(10)5-3-1-2-4-6(5)8(11)12;1-3-8(9)10-6-5-7-12-11-4-2;1-4(2)3/h5-6H,1-4H2,(H,9,10)(H,11,12);3H,1,4-7,12H2,2H3;1H2,2-3H3. The Labute approximate surface area is 170 Å². The van der Waals surface area contributed by atoms with Gasteiger partial charge in [0.15, 0.2) is 9.76 Å². The molecule has 2 unspecified atom stereocenters. The number of carbonyl (C=O) groups is 3. The first kappa shape index (κ1) is 28.3. The van der Waals surface area contributed by atoms with E-state index in [1.54, 1.807) is 0 Å². The number of carboxylic acid groups (broad SMARTS) is 2. The molecule has 2 atom stereocenters. The third kappa shape index (κ3) is 17.5. The third-order valence-electron chi connectivity index (χ3n) is 3.70. The number of hydrogen-bond donors (Lipinski definition) is 2. The van der Waals surface area contributed by atoms with Crippen LogP contribution in [-0.2, 0) is 23.5 Å². The fraction of sp³-hybridized carbons (Fsp3) is 0.650. The Bertz CT molecular complexity index is 465. The summed E-state index contributed by atoms with van der Waals surface area (Å²) in [5.41, 5.74) is 1.17. The molecule has 0 aromatic carbocycles. The summed E-state index contributed by atoms with van der Waals surface area (Å²) in [5.74, 6) is -3.62. The van der Waals surface area contributed by atoms with Gasteiger partial charge in [-0.05, 0) is 46.1 Å². The van der Waals surface area contributed by atoms with Crippen LogP contribution >= 0.6 is 0 Å². The second-order valence-electron chi connectivity index (χ2n) is 6.66. The van der Waals surface area contributed by atoms with Crippen LogP contribution in [-0.4, -0.2) is 51.1 Å². The molecule has 0 spiro atoms. The van der Waals surface area contributed by atoms with E-state index in [0.29, 0.717) is 19.4 Å². The van der Waals surface area contributed by atoms with Crippen molar-refractivity contribution in [2.45, 2.75) is 58.9 Å². The molecule has 8 heteroatoms. The average Bonchev–Trinajstić information content (AvgIpc) is 2.64. The van der Waals surface area contributed by atoms with Crippen LogP contribution in [0.15, 0.2) is 24.8 Å². The topological polar surface area (TPSA) is 110 Å². The van der Waals surface area contributed by atoms with Crippen molar-refractivity contribution >= 4 is 27.7 Å². The summed E-state index contributed by atoms with van der Waals surface area (Å²) in [7, 11) is -0.357. The molecule has 7 nitrogen and oxygen atoms in total. The van der Waals surface area contributed by atoms with E-state index in [4.69, 9.17) is 19.4 Å². The zero-order valence-electron chi connectivity index (χ0n) is 17.4. The van der Waals surface area contributed by atoms with Crippen LogP contribution in [0, 0.1) is 11.8 Å². The zero-order chi connectivity index (χ0) is 21.9. The Kier molecular flexibility index (Phi) is 18.6. The van der Waals surface area contributed by atoms with Crippen LogP contribution < -0.4 is 0 Å². The Morgan fingerprint density at radius 1 is 1.11 bits per heavy atom. The van der Waals surface area contributed by atoms with Crippen LogP contribution in [0.1, 0.15) is 52.9 Å². The van der Waals surface area contributed by atoms with Crippen molar-refractivity contribution in [3.05, 3.63) is 24.8 Å². The predicted octanol–water partition coefficient (Wildman–Crippen LogP) is 3.19. The first-order valence-electron chi connectivity index (χ1n) is 9.61. The van der Waals surface area contributed by atoms with Crippen LogP contribution in [0.3, 0.4) is 0 Å². The fourth-order valence-corrected chi connectivity index (χ4v) is 3.31. The molecule has 0 aliphatic heterocycles. The lowest BCUT2D eigenvalue weighted by molar-refractivity contribution is -0.155. The minimum absolute atomic E-state index is 0.340. The quantitative estimate of drug-likeness (QED) is 0.195. The Morgan fingerprint density at radius 3 is 1.93 bits per heavy atom. The number of hydrogen-bond acceptors (Lipinski definition) is 5. The molecule has 1 aliphatic rings. The van der Waals surface area contributed by atoms with Gasteiger partial charge in [0.1, 0.15) is 0 Å². The van der Waals surface area contributed by atoms with E-state index in [1.807, 2.05) is 20.8 Å². The maximum atomic E-state index is 10.6. The molecule has 1 aliphatic carbocycles. The van der Waals surface area contributed by atoms with Crippen molar-refractivity contribution in [1.82, 2.24) is 0 Å². The highest BCUT2D eigenvalue weighted by atomic mass is 28.2. The van der Waals surface area contributed by atoms with Gasteiger partial charge in [-0.15, -0.1) is 6.58 Å². The molecule has 1 saturated carbocycles. The number of carbonyl (C=O) groups excluding carboxylic acids is 1. The van der Waals surface area contributed by atoms with Crippen molar-refractivity contribution in [1.29, 1.82) is 0 Å². The number of carboxylic acids is 2. The molecule has 0 heterocycles. The van der Waals surface area contributed by atoms with Crippen molar-refractivity contribution in [3.8, 4) is 0 Å². The highest BCUT2D eigenvalue weighted by Gasteiger charge is 2.35. The van der Waals surface area contributed by atoms with Gasteiger partial charge < -0.3 is 19.4 Å². The molecule has 0 saturated heterocycles. The number of rotatable bonds is 9. The lowest BCUT2D eigenvalue weighted by atomic mass is 9.79. The summed E-state index contributed by atoms with van der Waals surface area (Å²) in [6.07, 6.45) is 4.77. The second kappa shape index (κ2) is 18.4. The molecule has 0 bridgehead atoms. The van der Waals surface area contributed by atoms with Crippen LogP contribution in [0.5, 0.6) is 0 Å². The van der Waals surface area contributed by atoms with Crippen molar-refractivity contribution < 1.29 is 33.8 Å². The Morgan fingerprint density at radius 2 is 1.57 bits per heavy atom. The minimum atomic E-state index is -0.970. The summed E-state index contributed by atoms with van der Waals surface area (Å²) in [4.78, 5) is 31.8. The van der Waals surface area contributed by atoms with Crippen molar-refractivity contribution in [2.24, 2.45) is 11.8 Å². The smallest absolute Gasteiger partial charge is 0.330 e. The van der Waals surface area contributed by atoms with E-state index in [0.717, 1.165) is 31.9 Å². The lowest BCUT2D eigenvalue weighted by Crippen LogP contribution is -2.32. The van der Waals surface area contributed by atoms with Gasteiger partial charge in [0.2, 0.25) is 0 Å². The largest absolute Gasteiger partial charge is 0.481 e. The van der Waals surface area contributed by atoms with E-state index < -0.39 is 23.8 Å². The summed E-state index contributed by atoms with van der Waals surface area (Å²) < 4.78 is 10.0. The van der Waals surface area contributed by atoms with Gasteiger partial charge >= 0.3 is 17.9 Å². The summed E-state index contributed by atoms with van der Waals surface area (Å²) in [6.45, 7) is 14.1. The average molecular weight is 417 g/mol. The summed E-state index contributed by atoms with van der Waals surface area (Å²) in [5, 5.41) is 17.4.